The summed E-state index contributed by atoms with van der Waals surface area (Å²) in [4.78, 5) is 43.9. The normalized spacial score (nSPS) is 16.6. The van der Waals surface area contributed by atoms with Gasteiger partial charge >= 0.3 is 11.7 Å². The van der Waals surface area contributed by atoms with Gasteiger partial charge in [0.15, 0.2) is 5.58 Å². The van der Waals surface area contributed by atoms with Crippen LogP contribution in [-0.4, -0.2) is 68.0 Å². The second-order valence-corrected chi connectivity index (χ2v) is 15.1. The first kappa shape index (κ1) is 40.5. The number of esters is 1. The third kappa shape index (κ3) is 8.18. The van der Waals surface area contributed by atoms with Crippen LogP contribution in [0.5, 0.6) is 5.75 Å². The molecule has 0 saturated heterocycles. The number of fused-ring (bicyclic) bond motifs is 2. The van der Waals surface area contributed by atoms with Crippen LogP contribution in [0.3, 0.4) is 0 Å². The molecule has 1 aliphatic rings. The summed E-state index contributed by atoms with van der Waals surface area (Å²) in [5.74, 6) is -1.14. The number of thiophene rings is 2. The number of aromatic hydroxyl groups is 1. The summed E-state index contributed by atoms with van der Waals surface area (Å²) in [6, 6.07) is 19.0. The van der Waals surface area contributed by atoms with Crippen molar-refractivity contribution in [2.75, 3.05) is 20.1 Å². The molecule has 4 aromatic heterocycles. The summed E-state index contributed by atoms with van der Waals surface area (Å²) in [5, 5.41) is 40.0. The van der Waals surface area contributed by atoms with Gasteiger partial charge in [0, 0.05) is 43.7 Å². The molecule has 0 bridgehead atoms. The number of aromatic amines is 1. The smallest absolute Gasteiger partial charge is 0.419 e. The Bertz CT molecular complexity index is 2250. The number of hydrogen-bond donors (Lipinski definition) is 5. The number of oxazole rings is 1. The van der Waals surface area contributed by atoms with Crippen molar-refractivity contribution in [1.82, 2.24) is 19.8 Å². The molecule has 1 fully saturated rings. The van der Waals surface area contributed by atoms with Crippen LogP contribution in [0, 0.1) is 0 Å². The predicted molar refractivity (Wildman–Crippen MR) is 205 cm³/mol. The van der Waals surface area contributed by atoms with E-state index in [2.05, 4.69) is 15.2 Å². The molecule has 0 unspecified atom stereocenters. The standard InChI is InChI=1S/C38H40N4O8S2.2FH/c1-41(24-7-9-25(10-8-24)49-36(46)38(48,32-4-2-18-51-32)33-5-3-19-52-33)16-17-42-28-13-6-23(20-31(28)50-37(42)47)21-39-22-30(44)26-11-14-29(43)35-27(26)12-15-34(45)40-35;;/h2-6,11-15,18-20,24-25,30,39,43-44,48H,7-10,16-17,21-22H2,1H3,(H,40,45);2*1H/t24-,25-,30-;;/m0../s1. The lowest BCUT2D eigenvalue weighted by Gasteiger charge is -2.35. The number of aliphatic hydroxyl groups is 2. The summed E-state index contributed by atoms with van der Waals surface area (Å²) in [7, 11) is 2.04. The van der Waals surface area contributed by atoms with E-state index in [0.29, 0.717) is 64.3 Å². The van der Waals surface area contributed by atoms with Crippen molar-refractivity contribution >= 4 is 50.6 Å². The molecule has 0 amide bonds. The van der Waals surface area contributed by atoms with Gasteiger partial charge in [0.1, 0.15) is 11.9 Å². The number of likely N-dealkylation sites (N-methyl/N-ethyl adjacent to an activating group) is 1. The van der Waals surface area contributed by atoms with E-state index in [1.165, 1.54) is 34.8 Å². The number of rotatable bonds is 13. The number of ether oxygens (including phenoxy) is 1. The molecular weight excluding hydrogens is 743 g/mol. The SMILES string of the molecule is CN(CCn1c(=O)oc2cc(CNC[C@H](O)c3ccc(O)c4[nH]c(=O)ccc34)ccc21)[C@H]1CC[C@H](OC(=O)C(O)(c2cccs2)c2cccs2)CC1.F.F. The van der Waals surface area contributed by atoms with Gasteiger partial charge in [-0.1, -0.05) is 24.3 Å². The van der Waals surface area contributed by atoms with Crippen LogP contribution in [0.15, 0.2) is 91.5 Å². The van der Waals surface area contributed by atoms with E-state index < -0.39 is 23.4 Å². The first-order valence-electron chi connectivity index (χ1n) is 17.2. The summed E-state index contributed by atoms with van der Waals surface area (Å²) in [6.45, 7) is 1.70. The second-order valence-electron chi connectivity index (χ2n) is 13.2. The van der Waals surface area contributed by atoms with Gasteiger partial charge in [0.25, 0.3) is 0 Å². The molecule has 54 heavy (non-hydrogen) atoms. The average molecular weight is 785 g/mol. The van der Waals surface area contributed by atoms with Gasteiger partial charge in [-0.15, -0.1) is 22.7 Å². The number of pyridine rings is 1. The molecule has 0 aliphatic heterocycles. The lowest BCUT2D eigenvalue weighted by atomic mass is 9.91. The molecule has 5 N–H and O–H groups in total. The van der Waals surface area contributed by atoms with E-state index in [1.54, 1.807) is 28.8 Å². The molecule has 2 aromatic carbocycles. The third-order valence-electron chi connectivity index (χ3n) is 9.93. The number of hydrogen-bond acceptors (Lipinski definition) is 12. The van der Waals surface area contributed by atoms with Gasteiger partial charge in [-0.25, -0.2) is 9.59 Å². The monoisotopic (exact) mass is 784 g/mol. The van der Waals surface area contributed by atoms with Crippen molar-refractivity contribution in [2.24, 2.45) is 0 Å². The van der Waals surface area contributed by atoms with Crippen molar-refractivity contribution in [2.45, 2.75) is 62.6 Å². The quantitative estimate of drug-likeness (QED) is 0.0992. The van der Waals surface area contributed by atoms with E-state index in [-0.39, 0.29) is 44.9 Å². The number of aliphatic hydroxyl groups excluding tert-OH is 1. The number of benzene rings is 2. The topological polar surface area (TPSA) is 170 Å². The Kier molecular flexibility index (Phi) is 12.9. The van der Waals surface area contributed by atoms with Gasteiger partial charge in [-0.3, -0.25) is 18.8 Å². The number of nitrogens with zero attached hydrogens (tertiary/aromatic N) is 2. The number of carbonyl (C=O) groups is 1. The first-order chi connectivity index (χ1) is 25.1. The van der Waals surface area contributed by atoms with E-state index in [9.17, 15) is 29.7 Å². The van der Waals surface area contributed by atoms with Gasteiger partial charge in [-0.2, -0.15) is 0 Å². The molecule has 1 atom stereocenters. The number of phenols is 1. The van der Waals surface area contributed by atoms with Gasteiger partial charge in [-0.05, 0) is 91.0 Å². The van der Waals surface area contributed by atoms with E-state index >= 15 is 0 Å². The average Bonchev–Trinajstić information content (AvgIpc) is 3.94. The Hall–Kier alpha value is -4.71. The molecule has 0 radical (unpaired) electrons. The number of halogens is 2. The molecular formula is C38H42F2N4O8S2. The van der Waals surface area contributed by atoms with Crippen molar-refractivity contribution < 1.29 is 38.7 Å². The van der Waals surface area contributed by atoms with Crippen LogP contribution in [-0.2, 0) is 28.2 Å². The predicted octanol–water partition coefficient (Wildman–Crippen LogP) is 5.12. The van der Waals surface area contributed by atoms with Gasteiger partial charge in [0.2, 0.25) is 11.2 Å². The highest BCUT2D eigenvalue weighted by molar-refractivity contribution is 7.12. The minimum absolute atomic E-state index is 0. The van der Waals surface area contributed by atoms with E-state index in [4.69, 9.17) is 9.15 Å². The highest BCUT2D eigenvalue weighted by Gasteiger charge is 2.45. The van der Waals surface area contributed by atoms with Crippen LogP contribution in [0.2, 0.25) is 0 Å². The molecule has 6 aromatic rings. The van der Waals surface area contributed by atoms with E-state index in [1.807, 2.05) is 48.1 Å². The minimum Gasteiger partial charge on any atom is -0.506 e. The van der Waals surface area contributed by atoms with Crippen LogP contribution in [0.4, 0.5) is 9.41 Å². The molecule has 7 rings (SSSR count). The third-order valence-corrected chi connectivity index (χ3v) is 11.9. The largest absolute Gasteiger partial charge is 0.506 e. The zero-order valence-corrected chi connectivity index (χ0v) is 30.9. The van der Waals surface area contributed by atoms with Crippen LogP contribution in [0.1, 0.15) is 52.7 Å². The Morgan fingerprint density at radius 1 is 1.04 bits per heavy atom. The zero-order valence-electron chi connectivity index (χ0n) is 29.3. The van der Waals surface area contributed by atoms with E-state index in [0.717, 1.165) is 18.4 Å². The molecule has 1 saturated carbocycles. The summed E-state index contributed by atoms with van der Waals surface area (Å²) < 4.78 is 13.2. The first-order valence-corrected chi connectivity index (χ1v) is 19.0. The van der Waals surface area contributed by atoms with Crippen LogP contribution < -0.4 is 16.6 Å². The summed E-state index contributed by atoms with van der Waals surface area (Å²) in [6.07, 6.45) is 1.82. The van der Waals surface area contributed by atoms with Crippen molar-refractivity contribution in [3.63, 3.8) is 0 Å². The fraction of sp³-hybridized carbons (Fsp3) is 0.342. The number of carbonyl (C=O) groups excluding carboxylic acids is 1. The highest BCUT2D eigenvalue weighted by Crippen LogP contribution is 2.38. The van der Waals surface area contributed by atoms with Crippen molar-refractivity contribution in [3.8, 4) is 5.75 Å². The van der Waals surface area contributed by atoms with Crippen LogP contribution >= 0.6 is 22.7 Å². The Balaban J connectivity index is 0.00000280. The lowest BCUT2D eigenvalue weighted by molar-refractivity contribution is -0.169. The molecule has 16 heteroatoms. The maximum Gasteiger partial charge on any atom is 0.419 e. The maximum absolute atomic E-state index is 13.4. The number of phenolic OH excluding ortho intramolecular Hbond substituents is 1. The summed E-state index contributed by atoms with van der Waals surface area (Å²) >= 11 is 2.65. The van der Waals surface area contributed by atoms with Gasteiger partial charge < -0.3 is 39.7 Å². The number of aromatic nitrogens is 2. The second kappa shape index (κ2) is 17.2. The molecule has 1 aliphatic carbocycles. The van der Waals surface area contributed by atoms with Crippen LogP contribution in [0.25, 0.3) is 22.0 Å². The molecule has 12 nitrogen and oxygen atoms in total. The lowest BCUT2D eigenvalue weighted by Crippen LogP contribution is -2.42. The minimum atomic E-state index is -1.81. The number of nitrogens with one attached hydrogen (secondary N) is 2. The molecule has 0 spiro atoms. The fourth-order valence-electron chi connectivity index (χ4n) is 7.02. The highest BCUT2D eigenvalue weighted by atomic mass is 32.1. The van der Waals surface area contributed by atoms with Crippen molar-refractivity contribution in [3.05, 3.63) is 119 Å². The maximum atomic E-state index is 13.4. The van der Waals surface area contributed by atoms with Gasteiger partial charge in [0.05, 0.1) is 26.9 Å². The summed E-state index contributed by atoms with van der Waals surface area (Å²) in [5.41, 5.74) is 0.750. The zero-order chi connectivity index (χ0) is 36.4. The molecule has 288 valence electrons. The van der Waals surface area contributed by atoms with Crippen molar-refractivity contribution in [1.29, 1.82) is 0 Å². The molecule has 4 heterocycles. The Labute approximate surface area is 316 Å². The Morgan fingerprint density at radius 2 is 1.74 bits per heavy atom. The Morgan fingerprint density at radius 3 is 2.41 bits per heavy atom. The fourth-order valence-corrected chi connectivity index (χ4v) is 8.73. The number of H-pyrrole nitrogens is 1.